The predicted molar refractivity (Wildman–Crippen MR) is 74.8 cm³/mol. The molecule has 2 aromatic carbocycles. The number of unbranched alkanes of at least 4 members (excludes halogenated alkanes) is 1. The quantitative estimate of drug-likeness (QED) is 0.852. The zero-order valence-corrected chi connectivity index (χ0v) is 10.7. The van der Waals surface area contributed by atoms with E-state index in [1.807, 2.05) is 36.4 Å². The lowest BCUT2D eigenvalue weighted by Gasteiger charge is -2.03. The normalized spacial score (nSPS) is 9.39. The second-order valence-corrected chi connectivity index (χ2v) is 4.07. The molecule has 0 amide bonds. The van der Waals surface area contributed by atoms with Gasteiger partial charge in [0.15, 0.2) is 0 Å². The van der Waals surface area contributed by atoms with Crippen molar-refractivity contribution < 1.29 is 10.2 Å². The molecule has 0 spiro atoms. The molecule has 0 heterocycles. The number of aromatic hydroxyl groups is 2. The first-order chi connectivity index (χ1) is 8.74. The predicted octanol–water partition coefficient (Wildman–Crippen LogP) is 4.13. The van der Waals surface area contributed by atoms with E-state index >= 15 is 0 Å². The summed E-state index contributed by atoms with van der Waals surface area (Å²) < 4.78 is 0. The summed E-state index contributed by atoms with van der Waals surface area (Å²) in [5.41, 5.74) is 0.912. The maximum absolute atomic E-state index is 9.36. The summed E-state index contributed by atoms with van der Waals surface area (Å²) in [5, 5.41) is 18.4. The highest BCUT2D eigenvalue weighted by Gasteiger charge is 2.00. The molecule has 96 valence electrons. The van der Waals surface area contributed by atoms with Crippen molar-refractivity contribution in [2.45, 2.75) is 26.2 Å². The first-order valence-electron chi connectivity index (χ1n) is 6.25. The molecule has 2 heteroatoms. The van der Waals surface area contributed by atoms with Crippen LogP contribution in [0.3, 0.4) is 0 Å². The van der Waals surface area contributed by atoms with Crippen LogP contribution in [-0.4, -0.2) is 10.2 Å². The highest BCUT2D eigenvalue weighted by Crippen LogP contribution is 2.23. The summed E-state index contributed by atoms with van der Waals surface area (Å²) >= 11 is 0. The van der Waals surface area contributed by atoms with Crippen LogP contribution in [-0.2, 0) is 6.42 Å². The van der Waals surface area contributed by atoms with Crippen molar-refractivity contribution in [2.75, 3.05) is 0 Å². The van der Waals surface area contributed by atoms with Gasteiger partial charge in [-0.25, -0.2) is 0 Å². The van der Waals surface area contributed by atoms with E-state index in [0.29, 0.717) is 0 Å². The lowest BCUT2D eigenvalue weighted by molar-refractivity contribution is 0.445. The summed E-state index contributed by atoms with van der Waals surface area (Å²) in [6, 6.07) is 16.7. The number of rotatable bonds is 3. The molecule has 0 fully saturated rings. The Hall–Kier alpha value is -1.96. The van der Waals surface area contributed by atoms with Gasteiger partial charge >= 0.3 is 0 Å². The molecule has 2 nitrogen and oxygen atoms in total. The van der Waals surface area contributed by atoms with Crippen LogP contribution in [0.25, 0.3) is 0 Å². The van der Waals surface area contributed by atoms with Crippen LogP contribution in [0.15, 0.2) is 54.6 Å². The van der Waals surface area contributed by atoms with Gasteiger partial charge in [-0.15, -0.1) is 0 Å². The van der Waals surface area contributed by atoms with E-state index in [-0.39, 0.29) is 11.5 Å². The summed E-state index contributed by atoms with van der Waals surface area (Å²) in [4.78, 5) is 0. The van der Waals surface area contributed by atoms with Crippen molar-refractivity contribution in [1.82, 2.24) is 0 Å². The van der Waals surface area contributed by atoms with Gasteiger partial charge in [0, 0.05) is 6.07 Å². The molecular formula is C16H20O2. The van der Waals surface area contributed by atoms with Crippen LogP contribution in [0.1, 0.15) is 25.3 Å². The number of hydrogen-bond donors (Lipinski definition) is 2. The average Bonchev–Trinajstić information content (AvgIpc) is 2.41. The number of phenolic OH excluding ortho intramolecular Hbond substituents is 2. The topological polar surface area (TPSA) is 40.5 Å². The van der Waals surface area contributed by atoms with Crippen molar-refractivity contribution in [3.05, 3.63) is 60.2 Å². The van der Waals surface area contributed by atoms with Crippen molar-refractivity contribution in [3.8, 4) is 11.5 Å². The Morgan fingerprint density at radius 2 is 1.44 bits per heavy atom. The number of phenols is 2. The summed E-state index contributed by atoms with van der Waals surface area (Å²) in [7, 11) is 0. The van der Waals surface area contributed by atoms with Gasteiger partial charge in [-0.2, -0.15) is 0 Å². The highest BCUT2D eigenvalue weighted by atomic mass is 16.3. The van der Waals surface area contributed by atoms with E-state index in [1.165, 1.54) is 6.07 Å². The zero-order chi connectivity index (χ0) is 13.2. The van der Waals surface area contributed by atoms with Gasteiger partial charge in [0.05, 0.1) is 0 Å². The molecule has 0 aliphatic carbocycles. The molecular weight excluding hydrogens is 224 g/mol. The Labute approximate surface area is 109 Å². The van der Waals surface area contributed by atoms with Gasteiger partial charge in [0.2, 0.25) is 0 Å². The van der Waals surface area contributed by atoms with Gasteiger partial charge in [-0.1, -0.05) is 55.8 Å². The maximum atomic E-state index is 9.36. The van der Waals surface area contributed by atoms with E-state index in [0.717, 1.165) is 24.8 Å². The van der Waals surface area contributed by atoms with Crippen LogP contribution in [0.4, 0.5) is 0 Å². The summed E-state index contributed by atoms with van der Waals surface area (Å²) in [5.74, 6) is 0.316. The molecule has 0 aliphatic rings. The van der Waals surface area contributed by atoms with Gasteiger partial charge in [0.25, 0.3) is 0 Å². The molecule has 2 aromatic rings. The lowest BCUT2D eigenvalue weighted by atomic mass is 10.1. The fourth-order valence-electron chi connectivity index (χ4n) is 1.52. The van der Waals surface area contributed by atoms with E-state index in [9.17, 15) is 5.11 Å². The number of aryl methyl sites for hydroxylation is 1. The van der Waals surface area contributed by atoms with Crippen LogP contribution >= 0.6 is 0 Å². The molecule has 0 radical (unpaired) electrons. The highest BCUT2D eigenvalue weighted by molar-refractivity contribution is 5.38. The van der Waals surface area contributed by atoms with Crippen LogP contribution in [0.5, 0.6) is 11.5 Å². The molecule has 0 unspecified atom stereocenters. The van der Waals surface area contributed by atoms with Gasteiger partial charge < -0.3 is 10.2 Å². The standard InChI is InChI=1S/C10H14O2.C6H6/c1-2-3-4-8-5-6-9(11)7-10(8)12;1-2-4-6-5-3-1/h5-7,11-12H,2-4H2,1H3;1-6H. The largest absolute Gasteiger partial charge is 0.508 e. The van der Waals surface area contributed by atoms with Crippen LogP contribution in [0.2, 0.25) is 0 Å². The van der Waals surface area contributed by atoms with Gasteiger partial charge in [-0.3, -0.25) is 0 Å². The molecule has 2 N–H and O–H groups in total. The molecule has 2 rings (SSSR count). The molecule has 0 saturated carbocycles. The number of benzene rings is 2. The Morgan fingerprint density at radius 1 is 0.889 bits per heavy atom. The first kappa shape index (κ1) is 14.1. The lowest BCUT2D eigenvalue weighted by Crippen LogP contribution is -1.84. The minimum Gasteiger partial charge on any atom is -0.508 e. The van der Waals surface area contributed by atoms with Gasteiger partial charge in [-0.05, 0) is 24.5 Å². The molecule has 18 heavy (non-hydrogen) atoms. The average molecular weight is 244 g/mol. The third kappa shape index (κ3) is 5.39. The Morgan fingerprint density at radius 3 is 1.89 bits per heavy atom. The Kier molecular flexibility index (Phi) is 6.41. The SMILES string of the molecule is CCCCc1ccc(O)cc1O.c1ccccc1. The van der Waals surface area contributed by atoms with Crippen molar-refractivity contribution in [3.63, 3.8) is 0 Å². The fourth-order valence-corrected chi connectivity index (χ4v) is 1.52. The Balaban J connectivity index is 0.000000225. The van der Waals surface area contributed by atoms with Crippen LogP contribution in [0, 0.1) is 0 Å². The molecule has 0 aromatic heterocycles. The third-order valence-corrected chi connectivity index (χ3v) is 2.54. The van der Waals surface area contributed by atoms with Crippen molar-refractivity contribution in [2.24, 2.45) is 0 Å². The zero-order valence-electron chi connectivity index (χ0n) is 10.7. The second kappa shape index (κ2) is 8.18. The second-order valence-electron chi connectivity index (χ2n) is 4.07. The van der Waals surface area contributed by atoms with Gasteiger partial charge in [0.1, 0.15) is 11.5 Å². The first-order valence-corrected chi connectivity index (χ1v) is 6.25. The number of hydrogen-bond acceptors (Lipinski definition) is 2. The van der Waals surface area contributed by atoms with E-state index in [2.05, 4.69) is 6.92 Å². The van der Waals surface area contributed by atoms with E-state index in [1.54, 1.807) is 12.1 Å². The molecule has 0 bridgehead atoms. The smallest absolute Gasteiger partial charge is 0.122 e. The minimum atomic E-state index is 0.118. The third-order valence-electron chi connectivity index (χ3n) is 2.54. The summed E-state index contributed by atoms with van der Waals surface area (Å²) in [6.07, 6.45) is 3.06. The van der Waals surface area contributed by atoms with Crippen LogP contribution < -0.4 is 0 Å². The van der Waals surface area contributed by atoms with E-state index in [4.69, 9.17) is 5.11 Å². The van der Waals surface area contributed by atoms with Crippen molar-refractivity contribution in [1.29, 1.82) is 0 Å². The summed E-state index contributed by atoms with van der Waals surface area (Å²) in [6.45, 7) is 2.11. The molecule has 0 atom stereocenters. The Bertz CT molecular complexity index is 411. The maximum Gasteiger partial charge on any atom is 0.122 e. The molecule has 0 saturated heterocycles. The van der Waals surface area contributed by atoms with Crippen molar-refractivity contribution >= 4 is 0 Å². The fraction of sp³-hybridized carbons (Fsp3) is 0.250. The molecule has 0 aliphatic heterocycles. The monoisotopic (exact) mass is 244 g/mol. The minimum absolute atomic E-state index is 0.118. The van der Waals surface area contributed by atoms with E-state index < -0.39 is 0 Å².